The van der Waals surface area contributed by atoms with Gasteiger partial charge in [0.2, 0.25) is 11.8 Å². The van der Waals surface area contributed by atoms with Crippen molar-refractivity contribution in [1.82, 2.24) is 9.80 Å². The standard InChI is InChI=1S/C45H44N4O10/c1-46-34-22-40(38(56-5)20-32(34)42(50)48-24-28(18-36(48)44(46)52)26-8-12-30(54-3)13-9-26)58-16-7-17-59-41-23-35-33(21-39(41)57-6)43(51)49-25-29(19-37(49)45(53)47(35)2)27-10-14-31(55-4)15-11-27/h8-15,20-25,36-37H,7,16-19H2,1-6H3. The fourth-order valence-corrected chi connectivity index (χ4v) is 7.97. The highest BCUT2D eigenvalue weighted by atomic mass is 16.5. The van der Waals surface area contributed by atoms with Gasteiger partial charge in [-0.25, -0.2) is 0 Å². The van der Waals surface area contributed by atoms with Crippen molar-refractivity contribution in [2.75, 3.05) is 65.5 Å². The molecular formula is C45H44N4O10. The van der Waals surface area contributed by atoms with Crippen molar-refractivity contribution < 1.29 is 47.6 Å². The first kappa shape index (κ1) is 38.9. The lowest BCUT2D eigenvalue weighted by Crippen LogP contribution is -2.42. The highest BCUT2D eigenvalue weighted by Crippen LogP contribution is 2.43. The molecule has 14 heteroatoms. The lowest BCUT2D eigenvalue weighted by atomic mass is 10.0. The predicted octanol–water partition coefficient (Wildman–Crippen LogP) is 6.03. The molecule has 0 saturated carbocycles. The Bertz CT molecular complexity index is 2240. The van der Waals surface area contributed by atoms with Crippen LogP contribution in [0.1, 0.15) is 51.1 Å². The van der Waals surface area contributed by atoms with Gasteiger partial charge in [-0.2, -0.15) is 0 Å². The van der Waals surface area contributed by atoms with Crippen LogP contribution in [-0.4, -0.2) is 101 Å². The van der Waals surface area contributed by atoms with E-state index in [-0.39, 0.29) is 36.8 Å². The van der Waals surface area contributed by atoms with E-state index in [0.29, 0.717) is 64.8 Å². The normalized spacial score (nSPS) is 18.3. The van der Waals surface area contributed by atoms with E-state index < -0.39 is 12.1 Å². The highest BCUT2D eigenvalue weighted by Gasteiger charge is 2.43. The van der Waals surface area contributed by atoms with E-state index in [1.165, 1.54) is 33.8 Å². The van der Waals surface area contributed by atoms with Gasteiger partial charge in [-0.1, -0.05) is 24.3 Å². The van der Waals surface area contributed by atoms with Gasteiger partial charge in [0.15, 0.2) is 23.0 Å². The molecule has 0 radical (unpaired) electrons. The zero-order chi connectivity index (χ0) is 41.5. The second kappa shape index (κ2) is 15.8. The molecule has 0 N–H and O–H groups in total. The smallest absolute Gasteiger partial charge is 0.260 e. The molecule has 0 aliphatic carbocycles. The van der Waals surface area contributed by atoms with E-state index in [2.05, 4.69) is 0 Å². The van der Waals surface area contributed by atoms with Crippen LogP contribution in [0.15, 0.2) is 85.2 Å². The molecule has 0 saturated heterocycles. The van der Waals surface area contributed by atoms with E-state index in [9.17, 15) is 19.2 Å². The van der Waals surface area contributed by atoms with Gasteiger partial charge < -0.3 is 48.0 Å². The highest BCUT2D eigenvalue weighted by molar-refractivity contribution is 6.14. The van der Waals surface area contributed by atoms with Crippen LogP contribution >= 0.6 is 0 Å². The number of rotatable bonds is 12. The number of methoxy groups -OCH3 is 4. The molecule has 4 aliphatic heterocycles. The molecule has 4 aromatic rings. The van der Waals surface area contributed by atoms with E-state index in [0.717, 1.165) is 33.8 Å². The van der Waals surface area contributed by atoms with Crippen LogP contribution in [0.2, 0.25) is 0 Å². The molecule has 8 rings (SSSR count). The Morgan fingerprint density at radius 1 is 0.525 bits per heavy atom. The third-order valence-corrected chi connectivity index (χ3v) is 11.3. The van der Waals surface area contributed by atoms with Crippen molar-refractivity contribution in [2.45, 2.75) is 31.3 Å². The fraction of sp³-hybridized carbons (Fsp3) is 0.289. The molecule has 4 aliphatic rings. The molecule has 4 heterocycles. The van der Waals surface area contributed by atoms with Crippen LogP contribution in [0.4, 0.5) is 11.4 Å². The second-order valence-corrected chi connectivity index (χ2v) is 14.5. The number of carbonyl (C=O) groups is 4. The van der Waals surface area contributed by atoms with E-state index >= 15 is 0 Å². The summed E-state index contributed by atoms with van der Waals surface area (Å²) in [4.78, 5) is 61.5. The summed E-state index contributed by atoms with van der Waals surface area (Å²) in [6, 6.07) is 20.2. The molecular weight excluding hydrogens is 757 g/mol. The van der Waals surface area contributed by atoms with Crippen molar-refractivity contribution >= 4 is 46.1 Å². The number of amides is 4. The number of likely N-dealkylation sites (N-methyl/N-ethyl adjacent to an activating group) is 2. The molecule has 0 aromatic heterocycles. The van der Waals surface area contributed by atoms with E-state index in [1.807, 2.05) is 48.5 Å². The zero-order valence-electron chi connectivity index (χ0n) is 33.6. The Balaban J connectivity index is 0.950. The van der Waals surface area contributed by atoms with Gasteiger partial charge in [0.1, 0.15) is 23.6 Å². The van der Waals surface area contributed by atoms with Crippen molar-refractivity contribution in [1.29, 1.82) is 0 Å². The number of nitrogens with zero attached hydrogens (tertiary/aromatic N) is 4. The fourth-order valence-electron chi connectivity index (χ4n) is 7.97. The van der Waals surface area contributed by atoms with Crippen molar-refractivity contribution in [3.8, 4) is 34.5 Å². The van der Waals surface area contributed by atoms with Gasteiger partial charge in [0.05, 0.1) is 64.2 Å². The summed E-state index contributed by atoms with van der Waals surface area (Å²) in [5, 5.41) is 0. The number of carbonyl (C=O) groups excluding carboxylic acids is 4. The van der Waals surface area contributed by atoms with Gasteiger partial charge in [0.25, 0.3) is 11.8 Å². The monoisotopic (exact) mass is 800 g/mol. The number of fused-ring (bicyclic) bond motifs is 4. The van der Waals surface area contributed by atoms with Crippen molar-refractivity contribution in [3.63, 3.8) is 0 Å². The minimum absolute atomic E-state index is 0.201. The SMILES string of the molecule is COc1ccc(C2=CN3C(=O)c4cc(OC)c(OCCCOc5cc6c(cc5OC)C(=O)N5C=C(c7ccc(OC)cc7)CC5C(=O)N6C)cc4N(C)C(=O)C3C2)cc1. The second-order valence-electron chi connectivity index (χ2n) is 14.5. The molecule has 0 fully saturated rings. The summed E-state index contributed by atoms with van der Waals surface area (Å²) < 4.78 is 34.2. The van der Waals surface area contributed by atoms with Gasteiger partial charge in [-0.3, -0.25) is 19.2 Å². The lowest BCUT2D eigenvalue weighted by molar-refractivity contribution is -0.122. The summed E-state index contributed by atoms with van der Waals surface area (Å²) in [7, 11) is 9.49. The lowest BCUT2D eigenvalue weighted by Gasteiger charge is -2.22. The van der Waals surface area contributed by atoms with Crippen LogP contribution in [0.25, 0.3) is 11.1 Å². The molecule has 304 valence electrons. The molecule has 2 unspecified atom stereocenters. The first-order chi connectivity index (χ1) is 28.5. The number of hydrogen-bond donors (Lipinski definition) is 0. The summed E-state index contributed by atoms with van der Waals surface area (Å²) in [6.07, 6.45) is 4.66. The Kier molecular flexibility index (Phi) is 10.4. The maximum atomic E-state index is 14.0. The van der Waals surface area contributed by atoms with E-state index in [1.54, 1.807) is 65.0 Å². The summed E-state index contributed by atoms with van der Waals surface area (Å²) in [5.41, 5.74) is 5.02. The third kappa shape index (κ3) is 6.94. The first-order valence-corrected chi connectivity index (χ1v) is 19.2. The average Bonchev–Trinajstić information content (AvgIpc) is 3.90. The minimum Gasteiger partial charge on any atom is -0.497 e. The van der Waals surface area contributed by atoms with Gasteiger partial charge in [0, 0.05) is 57.9 Å². The Hall–Kier alpha value is -6.96. The zero-order valence-corrected chi connectivity index (χ0v) is 33.6. The molecule has 59 heavy (non-hydrogen) atoms. The van der Waals surface area contributed by atoms with Crippen LogP contribution in [0.3, 0.4) is 0 Å². The number of anilines is 2. The largest absolute Gasteiger partial charge is 0.497 e. The maximum Gasteiger partial charge on any atom is 0.260 e. The molecule has 14 nitrogen and oxygen atoms in total. The number of ether oxygens (including phenoxy) is 6. The molecule has 4 aromatic carbocycles. The van der Waals surface area contributed by atoms with Gasteiger partial charge in [-0.15, -0.1) is 0 Å². The summed E-state index contributed by atoms with van der Waals surface area (Å²) in [6.45, 7) is 0.403. The number of hydrogen-bond acceptors (Lipinski definition) is 10. The molecule has 2 atom stereocenters. The van der Waals surface area contributed by atoms with Crippen LogP contribution < -0.4 is 38.2 Å². The summed E-state index contributed by atoms with van der Waals surface area (Å²) in [5.74, 6) is 1.76. The molecule has 0 bridgehead atoms. The van der Waals surface area contributed by atoms with Crippen LogP contribution in [0, 0.1) is 0 Å². The van der Waals surface area contributed by atoms with Gasteiger partial charge in [-0.05, 0) is 58.7 Å². The Morgan fingerprint density at radius 3 is 1.27 bits per heavy atom. The third-order valence-electron chi connectivity index (χ3n) is 11.3. The quantitative estimate of drug-likeness (QED) is 0.156. The molecule has 0 spiro atoms. The first-order valence-electron chi connectivity index (χ1n) is 19.2. The Labute approximate surface area is 341 Å². The predicted molar refractivity (Wildman–Crippen MR) is 220 cm³/mol. The molecule has 4 amide bonds. The summed E-state index contributed by atoms with van der Waals surface area (Å²) >= 11 is 0. The topological polar surface area (TPSA) is 137 Å². The maximum absolute atomic E-state index is 14.0. The minimum atomic E-state index is -0.697. The van der Waals surface area contributed by atoms with E-state index in [4.69, 9.17) is 28.4 Å². The van der Waals surface area contributed by atoms with Crippen LogP contribution in [0.5, 0.6) is 34.5 Å². The average molecular weight is 801 g/mol. The van der Waals surface area contributed by atoms with Crippen molar-refractivity contribution in [3.05, 3.63) is 107 Å². The number of benzene rings is 4. The van der Waals surface area contributed by atoms with Crippen molar-refractivity contribution in [2.24, 2.45) is 0 Å². The van der Waals surface area contributed by atoms with Crippen LogP contribution in [-0.2, 0) is 9.59 Å². The Morgan fingerprint density at radius 2 is 0.915 bits per heavy atom. The van der Waals surface area contributed by atoms with Gasteiger partial charge >= 0.3 is 0 Å².